The Morgan fingerprint density at radius 1 is 1.28 bits per heavy atom. The van der Waals surface area contributed by atoms with Crippen LogP contribution in [0, 0.1) is 11.8 Å². The zero-order valence-electron chi connectivity index (χ0n) is 15.2. The van der Waals surface area contributed by atoms with Gasteiger partial charge in [0.25, 0.3) is 0 Å². The molecule has 0 aliphatic carbocycles. The topological polar surface area (TPSA) is 102 Å². The van der Waals surface area contributed by atoms with Crippen molar-refractivity contribution in [3.63, 3.8) is 0 Å². The molecule has 0 amide bonds. The zero-order chi connectivity index (χ0) is 18.4. The highest BCUT2D eigenvalue weighted by Crippen LogP contribution is 2.26. The van der Waals surface area contributed by atoms with Crippen molar-refractivity contribution in [1.29, 1.82) is 0 Å². The molecule has 0 saturated carbocycles. The quantitative estimate of drug-likeness (QED) is 0.498. The van der Waals surface area contributed by atoms with E-state index in [1.165, 1.54) is 0 Å². The maximum atomic E-state index is 10.00. The number of hydrogen-bond donors (Lipinski definition) is 4. The zero-order valence-corrected chi connectivity index (χ0v) is 15.2. The fourth-order valence-corrected chi connectivity index (χ4v) is 3.30. The largest absolute Gasteiger partial charge is 0.507 e. The highest BCUT2D eigenvalue weighted by molar-refractivity contribution is 5.69. The Morgan fingerprint density at radius 3 is 2.64 bits per heavy atom. The number of hydrogen-bond acceptors (Lipinski definition) is 5. The average Bonchev–Trinajstić information content (AvgIpc) is 2.55. The summed E-state index contributed by atoms with van der Waals surface area (Å²) in [5.41, 5.74) is 19.8. The van der Waals surface area contributed by atoms with E-state index in [4.69, 9.17) is 17.2 Å². The summed E-state index contributed by atoms with van der Waals surface area (Å²) >= 11 is 0. The number of phenols is 1. The van der Waals surface area contributed by atoms with E-state index in [9.17, 15) is 5.11 Å². The van der Waals surface area contributed by atoms with Gasteiger partial charge < -0.3 is 27.2 Å². The van der Waals surface area contributed by atoms with E-state index in [1.807, 2.05) is 6.07 Å². The van der Waals surface area contributed by atoms with Gasteiger partial charge in [0.05, 0.1) is 5.70 Å². The summed E-state index contributed by atoms with van der Waals surface area (Å²) in [6.07, 6.45) is 8.50. The van der Waals surface area contributed by atoms with Gasteiger partial charge in [-0.3, -0.25) is 0 Å². The molecule has 5 heteroatoms. The van der Waals surface area contributed by atoms with Crippen LogP contribution in [0.2, 0.25) is 0 Å². The minimum Gasteiger partial charge on any atom is -0.507 e. The molecule has 1 aliphatic rings. The fraction of sp³-hybridized carbons (Fsp3) is 0.400. The molecule has 2 unspecified atom stereocenters. The maximum Gasteiger partial charge on any atom is 0.124 e. The van der Waals surface area contributed by atoms with Gasteiger partial charge in [-0.2, -0.15) is 0 Å². The Bertz CT molecular complexity index is 674. The molecule has 5 nitrogen and oxygen atoms in total. The lowest BCUT2D eigenvalue weighted by Crippen LogP contribution is -2.33. The van der Waals surface area contributed by atoms with Crippen LogP contribution in [-0.4, -0.2) is 23.1 Å². The Labute approximate surface area is 150 Å². The standard InChI is InChI=1S/C20H30N4O/c1-3-15-7-6-10-24(13-14(2)11-15)18(20(22)23)12-17(21)16-8-4-5-9-19(16)25/h4-9,12,14-15,25H,3,10-11,13,21-23H2,1-2H3/b7-6-,17-12-. The summed E-state index contributed by atoms with van der Waals surface area (Å²) in [6.45, 7) is 6.06. The van der Waals surface area contributed by atoms with Crippen molar-refractivity contribution >= 4 is 5.70 Å². The second-order valence-electron chi connectivity index (χ2n) is 6.80. The van der Waals surface area contributed by atoms with Crippen LogP contribution in [0.5, 0.6) is 5.75 Å². The van der Waals surface area contributed by atoms with Crippen LogP contribution in [0.3, 0.4) is 0 Å². The Morgan fingerprint density at radius 2 is 2.00 bits per heavy atom. The predicted molar refractivity (Wildman–Crippen MR) is 104 cm³/mol. The van der Waals surface area contributed by atoms with Crippen LogP contribution < -0.4 is 17.2 Å². The smallest absolute Gasteiger partial charge is 0.124 e. The Kier molecular flexibility index (Phi) is 6.39. The average molecular weight is 342 g/mol. The van der Waals surface area contributed by atoms with Crippen molar-refractivity contribution in [3.8, 4) is 5.75 Å². The maximum absolute atomic E-state index is 10.00. The first-order chi connectivity index (χ1) is 11.9. The van der Waals surface area contributed by atoms with Crippen LogP contribution in [0.25, 0.3) is 5.70 Å². The fourth-order valence-electron chi connectivity index (χ4n) is 3.30. The molecule has 25 heavy (non-hydrogen) atoms. The lowest BCUT2D eigenvalue weighted by atomic mass is 9.91. The molecule has 1 heterocycles. The lowest BCUT2D eigenvalue weighted by molar-refractivity contribution is 0.287. The Balaban J connectivity index is 2.31. The minimum absolute atomic E-state index is 0.137. The highest BCUT2D eigenvalue weighted by atomic mass is 16.3. The molecule has 0 spiro atoms. The minimum atomic E-state index is 0.137. The van der Waals surface area contributed by atoms with Crippen LogP contribution in [-0.2, 0) is 0 Å². The van der Waals surface area contributed by atoms with E-state index in [-0.39, 0.29) is 11.6 Å². The van der Waals surface area contributed by atoms with E-state index < -0.39 is 0 Å². The molecule has 1 aromatic rings. The number of nitrogens with zero attached hydrogens (tertiary/aromatic N) is 1. The van der Waals surface area contributed by atoms with Gasteiger partial charge in [-0.25, -0.2) is 0 Å². The van der Waals surface area contributed by atoms with E-state index >= 15 is 0 Å². The molecule has 1 aliphatic heterocycles. The Hall–Kier alpha value is -2.56. The molecular formula is C20H30N4O. The van der Waals surface area contributed by atoms with Crippen LogP contribution in [0.15, 0.2) is 54.0 Å². The van der Waals surface area contributed by atoms with Crippen molar-refractivity contribution < 1.29 is 5.11 Å². The van der Waals surface area contributed by atoms with Gasteiger partial charge in [-0.05, 0) is 42.9 Å². The number of benzene rings is 1. The monoisotopic (exact) mass is 342 g/mol. The van der Waals surface area contributed by atoms with Gasteiger partial charge in [0.2, 0.25) is 0 Å². The molecule has 0 fully saturated rings. The van der Waals surface area contributed by atoms with Crippen LogP contribution in [0.1, 0.15) is 32.3 Å². The summed E-state index contributed by atoms with van der Waals surface area (Å²) in [5, 5.41) is 10.00. The third kappa shape index (κ3) is 4.95. The van der Waals surface area contributed by atoms with Gasteiger partial charge in [-0.15, -0.1) is 0 Å². The molecule has 0 saturated heterocycles. The normalized spacial score (nSPS) is 22.8. The predicted octanol–water partition coefficient (Wildman–Crippen LogP) is 2.70. The third-order valence-electron chi connectivity index (χ3n) is 4.64. The molecule has 136 valence electrons. The summed E-state index contributed by atoms with van der Waals surface area (Å²) < 4.78 is 0. The number of rotatable bonds is 4. The second kappa shape index (κ2) is 8.51. The summed E-state index contributed by atoms with van der Waals surface area (Å²) in [7, 11) is 0. The molecule has 1 aromatic carbocycles. The summed E-state index contributed by atoms with van der Waals surface area (Å²) in [4.78, 5) is 2.15. The summed E-state index contributed by atoms with van der Waals surface area (Å²) in [5.74, 6) is 1.51. The van der Waals surface area contributed by atoms with Crippen molar-refractivity contribution in [2.45, 2.75) is 26.7 Å². The van der Waals surface area contributed by atoms with Crippen LogP contribution in [0.4, 0.5) is 0 Å². The van der Waals surface area contributed by atoms with Gasteiger partial charge >= 0.3 is 0 Å². The SMILES string of the molecule is CCC1/C=C\CN(C(/C=C(\N)c2ccccc2O)=C(N)N)CC(C)C1. The van der Waals surface area contributed by atoms with Gasteiger partial charge in [-0.1, -0.05) is 38.1 Å². The number of aromatic hydroxyl groups is 1. The van der Waals surface area contributed by atoms with E-state index in [1.54, 1.807) is 24.3 Å². The molecule has 0 radical (unpaired) electrons. The molecule has 0 aromatic heterocycles. The van der Waals surface area contributed by atoms with Crippen molar-refractivity contribution in [1.82, 2.24) is 4.90 Å². The van der Waals surface area contributed by atoms with E-state index in [2.05, 4.69) is 30.9 Å². The van der Waals surface area contributed by atoms with Gasteiger partial charge in [0, 0.05) is 24.4 Å². The molecule has 2 atom stereocenters. The second-order valence-corrected chi connectivity index (χ2v) is 6.80. The van der Waals surface area contributed by atoms with E-state index in [0.29, 0.717) is 28.8 Å². The first-order valence-corrected chi connectivity index (χ1v) is 8.84. The van der Waals surface area contributed by atoms with E-state index in [0.717, 1.165) is 25.9 Å². The molecule has 2 rings (SSSR count). The number of para-hydroxylation sites is 1. The third-order valence-corrected chi connectivity index (χ3v) is 4.64. The molecule has 7 N–H and O–H groups in total. The number of allylic oxidation sites excluding steroid dienone is 2. The van der Waals surface area contributed by atoms with Crippen molar-refractivity contribution in [2.24, 2.45) is 29.0 Å². The van der Waals surface area contributed by atoms with Gasteiger partial charge in [0.15, 0.2) is 0 Å². The molecular weight excluding hydrogens is 312 g/mol. The number of phenolic OH excluding ortho intramolecular Hbond substituents is 1. The number of nitrogens with two attached hydrogens (primary N) is 3. The summed E-state index contributed by atoms with van der Waals surface area (Å²) in [6, 6.07) is 6.97. The highest BCUT2D eigenvalue weighted by Gasteiger charge is 2.19. The molecule has 0 bridgehead atoms. The first kappa shape index (κ1) is 18.8. The van der Waals surface area contributed by atoms with Crippen LogP contribution >= 0.6 is 0 Å². The van der Waals surface area contributed by atoms with Crippen molar-refractivity contribution in [2.75, 3.05) is 13.1 Å². The first-order valence-electron chi connectivity index (χ1n) is 8.84. The van der Waals surface area contributed by atoms with Crippen molar-refractivity contribution in [3.05, 3.63) is 59.6 Å². The lowest BCUT2D eigenvalue weighted by Gasteiger charge is -2.31. The van der Waals surface area contributed by atoms with Gasteiger partial charge in [0.1, 0.15) is 11.6 Å².